The van der Waals surface area contributed by atoms with Crippen molar-refractivity contribution in [2.45, 2.75) is 26.2 Å². The van der Waals surface area contributed by atoms with Crippen LogP contribution in [0.4, 0.5) is 0 Å². The van der Waals surface area contributed by atoms with Gasteiger partial charge in [0.15, 0.2) is 6.29 Å². The normalized spacial score (nSPS) is 11.5. The Bertz CT molecular complexity index is 515. The molecule has 2 heteroatoms. The van der Waals surface area contributed by atoms with Crippen LogP contribution in [0.15, 0.2) is 42.6 Å². The van der Waals surface area contributed by atoms with Gasteiger partial charge in [-0.25, -0.2) is 0 Å². The molecule has 0 saturated carbocycles. The average Bonchev–Trinajstić information content (AvgIpc) is 2.76. The fourth-order valence-corrected chi connectivity index (χ4v) is 1.85. The third-order valence-corrected chi connectivity index (χ3v) is 2.91. The van der Waals surface area contributed by atoms with Crippen molar-refractivity contribution in [2.24, 2.45) is 0 Å². The van der Waals surface area contributed by atoms with E-state index in [2.05, 4.69) is 32.9 Å². The number of carbonyl (C=O) groups excluding carboxylic acids is 1. The molecule has 1 aromatic carbocycles. The number of carbonyl (C=O) groups is 1. The van der Waals surface area contributed by atoms with Crippen LogP contribution in [-0.4, -0.2) is 10.9 Å². The minimum absolute atomic E-state index is 0.155. The highest BCUT2D eigenvalue weighted by Gasteiger charge is 2.13. The summed E-state index contributed by atoms with van der Waals surface area (Å²) in [5, 5.41) is 0. The first kappa shape index (κ1) is 11.6. The van der Waals surface area contributed by atoms with Gasteiger partial charge in [0.25, 0.3) is 0 Å². The molecule has 0 N–H and O–H groups in total. The van der Waals surface area contributed by atoms with Gasteiger partial charge in [-0.1, -0.05) is 32.9 Å². The van der Waals surface area contributed by atoms with E-state index in [0.717, 1.165) is 12.0 Å². The molecule has 0 amide bonds. The lowest BCUT2D eigenvalue weighted by Gasteiger charge is -2.19. The van der Waals surface area contributed by atoms with Crippen molar-refractivity contribution < 1.29 is 4.79 Å². The highest BCUT2D eigenvalue weighted by atomic mass is 16.1. The van der Waals surface area contributed by atoms with Gasteiger partial charge in [0.05, 0.1) is 5.69 Å². The number of rotatable bonds is 2. The molecule has 0 spiro atoms. The molecule has 2 rings (SSSR count). The fraction of sp³-hybridized carbons (Fsp3) is 0.267. The lowest BCUT2D eigenvalue weighted by Crippen LogP contribution is -2.11. The Hall–Kier alpha value is -1.83. The minimum atomic E-state index is 0.155. The zero-order valence-corrected chi connectivity index (χ0v) is 10.5. The molecule has 1 aromatic heterocycles. The zero-order valence-electron chi connectivity index (χ0n) is 10.5. The number of hydrogen-bond donors (Lipinski definition) is 0. The van der Waals surface area contributed by atoms with Crippen molar-refractivity contribution in [2.75, 3.05) is 0 Å². The van der Waals surface area contributed by atoms with Crippen LogP contribution in [0.1, 0.15) is 36.8 Å². The molecule has 17 heavy (non-hydrogen) atoms. The van der Waals surface area contributed by atoms with Crippen LogP contribution in [0.5, 0.6) is 0 Å². The van der Waals surface area contributed by atoms with E-state index < -0.39 is 0 Å². The van der Waals surface area contributed by atoms with Crippen molar-refractivity contribution >= 4 is 6.29 Å². The number of nitrogens with zero attached hydrogens (tertiary/aromatic N) is 1. The Morgan fingerprint density at radius 3 is 2.24 bits per heavy atom. The largest absolute Gasteiger partial charge is 0.314 e. The van der Waals surface area contributed by atoms with Gasteiger partial charge in [0.1, 0.15) is 0 Å². The Balaban J connectivity index is 2.39. The molecule has 0 atom stereocenters. The van der Waals surface area contributed by atoms with Gasteiger partial charge in [-0.15, -0.1) is 0 Å². The van der Waals surface area contributed by atoms with Crippen molar-refractivity contribution in [3.63, 3.8) is 0 Å². The first-order chi connectivity index (χ1) is 8.02. The summed E-state index contributed by atoms with van der Waals surface area (Å²) in [4.78, 5) is 10.9. The highest BCUT2D eigenvalue weighted by Crippen LogP contribution is 2.23. The molecule has 0 saturated heterocycles. The van der Waals surface area contributed by atoms with Gasteiger partial charge in [0, 0.05) is 11.9 Å². The number of aromatic nitrogens is 1. The minimum Gasteiger partial charge on any atom is -0.314 e. The van der Waals surface area contributed by atoms with Crippen molar-refractivity contribution in [3.05, 3.63) is 53.9 Å². The van der Waals surface area contributed by atoms with Crippen LogP contribution in [0.25, 0.3) is 5.69 Å². The van der Waals surface area contributed by atoms with Gasteiger partial charge in [0.2, 0.25) is 0 Å². The topological polar surface area (TPSA) is 22.0 Å². The average molecular weight is 227 g/mol. The van der Waals surface area contributed by atoms with Gasteiger partial charge in [-0.05, 0) is 35.2 Å². The van der Waals surface area contributed by atoms with E-state index in [1.54, 1.807) is 0 Å². The third kappa shape index (κ3) is 2.31. The Kier molecular flexibility index (Phi) is 2.88. The van der Waals surface area contributed by atoms with Crippen LogP contribution in [0.3, 0.4) is 0 Å². The summed E-state index contributed by atoms with van der Waals surface area (Å²) in [7, 11) is 0. The summed E-state index contributed by atoms with van der Waals surface area (Å²) < 4.78 is 1.89. The van der Waals surface area contributed by atoms with E-state index in [9.17, 15) is 4.79 Å². The summed E-state index contributed by atoms with van der Waals surface area (Å²) in [5.41, 5.74) is 3.14. The van der Waals surface area contributed by atoms with Crippen molar-refractivity contribution in [1.82, 2.24) is 4.57 Å². The van der Waals surface area contributed by atoms with Crippen LogP contribution >= 0.6 is 0 Å². The van der Waals surface area contributed by atoms with E-state index in [0.29, 0.717) is 5.69 Å². The van der Waals surface area contributed by atoms with E-state index in [4.69, 9.17) is 0 Å². The molecule has 0 radical (unpaired) electrons. The maximum absolute atomic E-state index is 10.9. The zero-order chi connectivity index (χ0) is 12.5. The maximum atomic E-state index is 10.9. The second-order valence-corrected chi connectivity index (χ2v) is 5.22. The van der Waals surface area contributed by atoms with Crippen molar-refractivity contribution in [1.29, 1.82) is 0 Å². The summed E-state index contributed by atoms with van der Waals surface area (Å²) in [6.45, 7) is 6.57. The van der Waals surface area contributed by atoms with Crippen molar-refractivity contribution in [3.8, 4) is 5.69 Å². The monoisotopic (exact) mass is 227 g/mol. The predicted octanol–water partition coefficient (Wildman–Crippen LogP) is 3.59. The third-order valence-electron chi connectivity index (χ3n) is 2.91. The summed E-state index contributed by atoms with van der Waals surface area (Å²) in [6.07, 6.45) is 2.77. The molecule has 2 aromatic rings. The highest BCUT2D eigenvalue weighted by molar-refractivity contribution is 5.73. The van der Waals surface area contributed by atoms with E-state index in [1.165, 1.54) is 5.56 Å². The van der Waals surface area contributed by atoms with E-state index in [1.807, 2.05) is 35.0 Å². The Labute approximate surface area is 102 Å². The molecular weight excluding hydrogens is 210 g/mol. The van der Waals surface area contributed by atoms with Gasteiger partial charge >= 0.3 is 0 Å². The van der Waals surface area contributed by atoms with Crippen LogP contribution < -0.4 is 0 Å². The quantitative estimate of drug-likeness (QED) is 0.719. The molecule has 0 bridgehead atoms. The van der Waals surface area contributed by atoms with Crippen LogP contribution in [-0.2, 0) is 5.41 Å². The lowest BCUT2D eigenvalue weighted by molar-refractivity contribution is 0.111. The van der Waals surface area contributed by atoms with Crippen LogP contribution in [0.2, 0.25) is 0 Å². The van der Waals surface area contributed by atoms with E-state index >= 15 is 0 Å². The van der Waals surface area contributed by atoms with Gasteiger partial charge in [-0.2, -0.15) is 0 Å². The number of hydrogen-bond acceptors (Lipinski definition) is 1. The SMILES string of the molecule is CC(C)(C)c1ccc(-n2cccc2C=O)cc1. The summed E-state index contributed by atoms with van der Waals surface area (Å²) in [6, 6.07) is 12.0. The standard InChI is InChI=1S/C15H17NO/c1-15(2,3)12-6-8-13(9-7-12)16-10-4-5-14(16)11-17/h4-11H,1-3H3. The molecule has 0 aliphatic carbocycles. The fourth-order valence-electron chi connectivity index (χ4n) is 1.85. The molecule has 88 valence electrons. The summed E-state index contributed by atoms with van der Waals surface area (Å²) in [5.74, 6) is 0. The predicted molar refractivity (Wildman–Crippen MR) is 69.9 cm³/mol. The first-order valence-corrected chi connectivity index (χ1v) is 5.76. The molecule has 0 unspecified atom stereocenters. The number of benzene rings is 1. The van der Waals surface area contributed by atoms with Gasteiger partial charge in [-0.3, -0.25) is 4.79 Å². The first-order valence-electron chi connectivity index (χ1n) is 5.76. The summed E-state index contributed by atoms with van der Waals surface area (Å²) >= 11 is 0. The molecular formula is C15H17NO. The lowest BCUT2D eigenvalue weighted by atomic mass is 9.87. The Morgan fingerprint density at radius 2 is 1.71 bits per heavy atom. The molecule has 0 aliphatic rings. The molecule has 0 fully saturated rings. The smallest absolute Gasteiger partial charge is 0.166 e. The molecule has 2 nitrogen and oxygen atoms in total. The second-order valence-electron chi connectivity index (χ2n) is 5.22. The van der Waals surface area contributed by atoms with Gasteiger partial charge < -0.3 is 4.57 Å². The number of aldehydes is 1. The second kappa shape index (κ2) is 4.21. The van der Waals surface area contributed by atoms with E-state index in [-0.39, 0.29) is 5.41 Å². The Morgan fingerprint density at radius 1 is 1.06 bits per heavy atom. The maximum Gasteiger partial charge on any atom is 0.166 e. The van der Waals surface area contributed by atoms with Crippen LogP contribution in [0, 0.1) is 0 Å². The molecule has 0 aliphatic heterocycles. The molecule has 1 heterocycles.